The average Bonchev–Trinajstić information content (AvgIpc) is 2.46. The van der Waals surface area contributed by atoms with E-state index in [4.69, 9.17) is 5.21 Å². The van der Waals surface area contributed by atoms with Crippen molar-refractivity contribution in [1.82, 2.24) is 5.48 Å². The minimum atomic E-state index is 0.511. The summed E-state index contributed by atoms with van der Waals surface area (Å²) in [4.78, 5) is 1.13. The van der Waals surface area contributed by atoms with Gasteiger partial charge in [-0.05, 0) is 29.7 Å². The maximum absolute atomic E-state index is 8.55. The maximum Gasteiger partial charge on any atom is 0.0552 e. The number of rotatable bonds is 2. The minimum Gasteiger partial charge on any atom is -0.316 e. The van der Waals surface area contributed by atoms with Crippen molar-refractivity contribution >= 4 is 37.4 Å². The summed E-state index contributed by atoms with van der Waals surface area (Å²) in [5.74, 6) is 0. The number of hydrogen-bond acceptors (Lipinski definition) is 3. The van der Waals surface area contributed by atoms with Crippen molar-refractivity contribution in [3.8, 4) is 0 Å². The fourth-order valence-electron chi connectivity index (χ4n) is 1.23. The Balaban J connectivity index is 2.49. The number of benzene rings is 1. The van der Waals surface area contributed by atoms with E-state index in [1.807, 2.05) is 6.07 Å². The maximum atomic E-state index is 8.55. The fourth-order valence-corrected chi connectivity index (χ4v) is 2.59. The largest absolute Gasteiger partial charge is 0.316 e. The van der Waals surface area contributed by atoms with Crippen LogP contribution in [0.1, 0.15) is 4.88 Å². The van der Waals surface area contributed by atoms with Crippen LogP contribution in [0.2, 0.25) is 0 Å². The second-order valence-corrected chi connectivity index (χ2v) is 4.81. The predicted molar refractivity (Wildman–Crippen MR) is 58.2 cm³/mol. The zero-order valence-corrected chi connectivity index (χ0v) is 9.15. The van der Waals surface area contributed by atoms with Crippen LogP contribution in [0.4, 0.5) is 0 Å². The molecule has 1 aromatic heterocycles. The first-order valence-electron chi connectivity index (χ1n) is 3.84. The molecular formula is C9H8BrNOS. The quantitative estimate of drug-likeness (QED) is 0.811. The molecule has 0 radical (unpaired) electrons. The number of thiophene rings is 1. The lowest BCUT2D eigenvalue weighted by Crippen LogP contribution is -2.03. The zero-order valence-electron chi connectivity index (χ0n) is 6.75. The molecule has 0 atom stereocenters. The lowest BCUT2D eigenvalue weighted by Gasteiger charge is -1.88. The third-order valence-electron chi connectivity index (χ3n) is 1.78. The second-order valence-electron chi connectivity index (χ2n) is 2.73. The van der Waals surface area contributed by atoms with Gasteiger partial charge in [0, 0.05) is 14.0 Å². The van der Waals surface area contributed by atoms with Gasteiger partial charge in [-0.3, -0.25) is 0 Å². The van der Waals surface area contributed by atoms with E-state index in [0.29, 0.717) is 6.54 Å². The highest BCUT2D eigenvalue weighted by Crippen LogP contribution is 2.27. The van der Waals surface area contributed by atoms with Crippen LogP contribution in [0, 0.1) is 0 Å². The van der Waals surface area contributed by atoms with E-state index in [1.165, 1.54) is 10.1 Å². The molecule has 0 bridgehead atoms. The van der Waals surface area contributed by atoms with Gasteiger partial charge in [0.1, 0.15) is 0 Å². The molecule has 0 aliphatic carbocycles. The standard InChI is InChI=1S/C9H8BrNOS/c10-7-1-2-9-6(3-7)4-8(13-9)5-11-12/h1-4,11-12H,5H2. The molecule has 13 heavy (non-hydrogen) atoms. The number of fused-ring (bicyclic) bond motifs is 1. The molecule has 1 aromatic carbocycles. The molecule has 68 valence electrons. The first kappa shape index (κ1) is 9.15. The molecule has 0 saturated carbocycles. The SMILES string of the molecule is ONCc1cc2cc(Br)ccc2s1. The molecule has 2 aromatic rings. The number of halogens is 1. The van der Waals surface area contributed by atoms with Crippen molar-refractivity contribution < 1.29 is 5.21 Å². The zero-order chi connectivity index (χ0) is 9.26. The Morgan fingerprint density at radius 3 is 3.00 bits per heavy atom. The highest BCUT2D eigenvalue weighted by molar-refractivity contribution is 9.10. The summed E-state index contributed by atoms with van der Waals surface area (Å²) in [5.41, 5.74) is 2.16. The first-order chi connectivity index (χ1) is 6.29. The normalized spacial score (nSPS) is 10.9. The van der Waals surface area contributed by atoms with Crippen LogP contribution in [-0.4, -0.2) is 5.21 Å². The highest BCUT2D eigenvalue weighted by Gasteiger charge is 2.00. The summed E-state index contributed by atoms with van der Waals surface area (Å²) in [5, 5.41) is 9.76. The molecule has 0 aliphatic heterocycles. The van der Waals surface area contributed by atoms with Crippen molar-refractivity contribution in [3.05, 3.63) is 33.6 Å². The van der Waals surface area contributed by atoms with Crippen LogP contribution in [0.25, 0.3) is 10.1 Å². The van der Waals surface area contributed by atoms with Crippen molar-refractivity contribution in [1.29, 1.82) is 0 Å². The van der Waals surface area contributed by atoms with Gasteiger partial charge in [-0.2, -0.15) is 0 Å². The van der Waals surface area contributed by atoms with E-state index in [2.05, 4.69) is 39.6 Å². The van der Waals surface area contributed by atoms with E-state index < -0.39 is 0 Å². The average molecular weight is 258 g/mol. The monoisotopic (exact) mass is 257 g/mol. The third-order valence-corrected chi connectivity index (χ3v) is 3.39. The molecule has 0 spiro atoms. The summed E-state index contributed by atoms with van der Waals surface area (Å²) >= 11 is 5.11. The second kappa shape index (κ2) is 3.75. The minimum absolute atomic E-state index is 0.511. The van der Waals surface area contributed by atoms with Gasteiger partial charge in [-0.15, -0.1) is 11.3 Å². The summed E-state index contributed by atoms with van der Waals surface area (Å²) in [6.45, 7) is 0.511. The molecule has 1 heterocycles. The van der Waals surface area contributed by atoms with Crippen LogP contribution in [0.3, 0.4) is 0 Å². The van der Waals surface area contributed by atoms with Crippen molar-refractivity contribution in [2.24, 2.45) is 0 Å². The highest BCUT2D eigenvalue weighted by atomic mass is 79.9. The van der Waals surface area contributed by atoms with E-state index in [-0.39, 0.29) is 0 Å². The summed E-state index contributed by atoms with van der Waals surface area (Å²) in [6.07, 6.45) is 0. The lowest BCUT2D eigenvalue weighted by atomic mass is 10.2. The molecule has 0 fully saturated rings. The van der Waals surface area contributed by atoms with Gasteiger partial charge in [0.15, 0.2) is 0 Å². The van der Waals surface area contributed by atoms with Gasteiger partial charge in [0.2, 0.25) is 0 Å². The summed E-state index contributed by atoms with van der Waals surface area (Å²) in [6, 6.07) is 8.25. The molecule has 0 aliphatic rings. The molecule has 0 amide bonds. The Hall–Kier alpha value is -0.420. The fraction of sp³-hybridized carbons (Fsp3) is 0.111. The van der Waals surface area contributed by atoms with Crippen LogP contribution >= 0.6 is 27.3 Å². The molecule has 0 saturated heterocycles. The molecule has 2 rings (SSSR count). The van der Waals surface area contributed by atoms with Gasteiger partial charge < -0.3 is 5.21 Å². The Morgan fingerprint density at radius 1 is 1.38 bits per heavy atom. The van der Waals surface area contributed by atoms with Gasteiger partial charge in [0.25, 0.3) is 0 Å². The topological polar surface area (TPSA) is 32.3 Å². The number of nitrogens with one attached hydrogen (secondary N) is 1. The predicted octanol–water partition coefficient (Wildman–Crippen LogP) is 3.14. The summed E-state index contributed by atoms with van der Waals surface area (Å²) in [7, 11) is 0. The van der Waals surface area contributed by atoms with Crippen LogP contribution in [0.5, 0.6) is 0 Å². The van der Waals surface area contributed by atoms with Crippen LogP contribution < -0.4 is 5.48 Å². The third kappa shape index (κ3) is 1.91. The number of hydrogen-bond donors (Lipinski definition) is 2. The van der Waals surface area contributed by atoms with Crippen molar-refractivity contribution in [2.45, 2.75) is 6.54 Å². The Morgan fingerprint density at radius 2 is 2.23 bits per heavy atom. The van der Waals surface area contributed by atoms with Crippen LogP contribution in [0.15, 0.2) is 28.7 Å². The van der Waals surface area contributed by atoms with E-state index in [1.54, 1.807) is 11.3 Å². The Kier molecular flexibility index (Phi) is 2.64. The Labute approximate surface area is 88.3 Å². The molecular weight excluding hydrogens is 250 g/mol. The van der Waals surface area contributed by atoms with Gasteiger partial charge in [0.05, 0.1) is 6.54 Å². The van der Waals surface area contributed by atoms with E-state index in [0.717, 1.165) is 9.35 Å². The molecule has 0 unspecified atom stereocenters. The van der Waals surface area contributed by atoms with Gasteiger partial charge >= 0.3 is 0 Å². The first-order valence-corrected chi connectivity index (χ1v) is 5.45. The smallest absolute Gasteiger partial charge is 0.0552 e. The van der Waals surface area contributed by atoms with Gasteiger partial charge in [-0.25, -0.2) is 5.48 Å². The Bertz CT molecular complexity index is 426. The van der Waals surface area contributed by atoms with Crippen molar-refractivity contribution in [3.63, 3.8) is 0 Å². The molecule has 2 N–H and O–H groups in total. The summed E-state index contributed by atoms with van der Waals surface area (Å²) < 4.78 is 2.33. The van der Waals surface area contributed by atoms with Gasteiger partial charge in [-0.1, -0.05) is 15.9 Å². The van der Waals surface area contributed by atoms with E-state index >= 15 is 0 Å². The van der Waals surface area contributed by atoms with Crippen molar-refractivity contribution in [2.75, 3.05) is 0 Å². The molecule has 4 heteroatoms. The lowest BCUT2D eigenvalue weighted by molar-refractivity contribution is 0.162. The van der Waals surface area contributed by atoms with Crippen LogP contribution in [-0.2, 0) is 6.54 Å². The number of hydroxylamine groups is 1. The van der Waals surface area contributed by atoms with E-state index in [9.17, 15) is 0 Å². The molecule has 2 nitrogen and oxygen atoms in total.